The lowest BCUT2D eigenvalue weighted by Crippen LogP contribution is -2.37. The summed E-state index contributed by atoms with van der Waals surface area (Å²) in [6, 6.07) is 0.739. The van der Waals surface area contributed by atoms with Crippen molar-refractivity contribution < 1.29 is 0 Å². The van der Waals surface area contributed by atoms with Crippen molar-refractivity contribution in [2.75, 3.05) is 6.54 Å². The largest absolute Gasteiger partial charge is 0.324 e. The minimum atomic E-state index is 0.179. The average molecular weight is 154 g/mol. The third-order valence-electron chi connectivity index (χ3n) is 3.11. The molecule has 2 heteroatoms. The van der Waals surface area contributed by atoms with Crippen molar-refractivity contribution in [2.24, 2.45) is 11.1 Å². The first-order valence-electron chi connectivity index (χ1n) is 4.54. The number of hydrogen-bond acceptors (Lipinski definition) is 2. The summed E-state index contributed by atoms with van der Waals surface area (Å²) in [4.78, 5) is 0. The average Bonchev–Trinajstić information content (AvgIpc) is 2.72. The Morgan fingerprint density at radius 2 is 2.00 bits per heavy atom. The highest BCUT2D eigenvalue weighted by Crippen LogP contribution is 2.45. The molecule has 0 spiro atoms. The van der Waals surface area contributed by atoms with Crippen LogP contribution in [-0.2, 0) is 0 Å². The van der Waals surface area contributed by atoms with Crippen molar-refractivity contribution in [3.63, 3.8) is 0 Å². The van der Waals surface area contributed by atoms with Crippen LogP contribution in [0.15, 0.2) is 0 Å². The molecule has 0 amide bonds. The fourth-order valence-corrected chi connectivity index (χ4v) is 1.48. The van der Waals surface area contributed by atoms with Gasteiger partial charge in [-0.15, -0.1) is 0 Å². The van der Waals surface area contributed by atoms with E-state index >= 15 is 0 Å². The molecule has 0 saturated heterocycles. The Morgan fingerprint density at radius 3 is 2.36 bits per heavy atom. The van der Waals surface area contributed by atoms with Gasteiger partial charge in [0, 0.05) is 18.1 Å². The molecular formula is C9H18N2. The maximum atomic E-state index is 5.95. The van der Waals surface area contributed by atoms with Crippen LogP contribution >= 0.6 is 0 Å². The summed E-state index contributed by atoms with van der Waals surface area (Å²) in [5, 5.41) is 3.52. The van der Waals surface area contributed by atoms with Crippen LogP contribution in [-0.4, -0.2) is 18.1 Å². The van der Waals surface area contributed by atoms with Gasteiger partial charge in [0.05, 0.1) is 0 Å². The fraction of sp³-hybridized carbons (Fsp3) is 1.00. The van der Waals surface area contributed by atoms with E-state index in [1.54, 1.807) is 0 Å². The second kappa shape index (κ2) is 1.99. The zero-order valence-corrected chi connectivity index (χ0v) is 7.48. The molecule has 0 radical (unpaired) electrons. The smallest absolute Gasteiger partial charge is 0.0282 e. The minimum absolute atomic E-state index is 0.179. The van der Waals surface area contributed by atoms with Crippen molar-refractivity contribution in [3.05, 3.63) is 0 Å². The fourth-order valence-electron chi connectivity index (χ4n) is 1.48. The molecule has 2 aliphatic rings. The number of rotatable bonds is 3. The molecule has 2 fully saturated rings. The molecule has 1 atom stereocenters. The Bertz CT molecular complexity index is 170. The van der Waals surface area contributed by atoms with Gasteiger partial charge in [0.2, 0.25) is 0 Å². The topological polar surface area (TPSA) is 38.0 Å². The molecule has 2 saturated carbocycles. The predicted molar refractivity (Wildman–Crippen MR) is 46.3 cm³/mol. The van der Waals surface area contributed by atoms with Gasteiger partial charge >= 0.3 is 0 Å². The van der Waals surface area contributed by atoms with Gasteiger partial charge in [-0.25, -0.2) is 0 Å². The lowest BCUT2D eigenvalue weighted by atomic mass is 10.2. The van der Waals surface area contributed by atoms with Crippen LogP contribution in [0.25, 0.3) is 0 Å². The summed E-state index contributed by atoms with van der Waals surface area (Å²) < 4.78 is 0. The molecule has 0 aromatic rings. The van der Waals surface area contributed by atoms with Crippen LogP contribution < -0.4 is 11.1 Å². The third kappa shape index (κ3) is 1.57. The van der Waals surface area contributed by atoms with Crippen molar-refractivity contribution in [1.29, 1.82) is 0 Å². The van der Waals surface area contributed by atoms with E-state index in [4.69, 9.17) is 5.73 Å². The number of nitrogens with one attached hydrogen (secondary N) is 1. The van der Waals surface area contributed by atoms with Crippen LogP contribution in [0.3, 0.4) is 0 Å². The molecule has 2 rings (SSSR count). The van der Waals surface area contributed by atoms with Gasteiger partial charge in [-0.2, -0.15) is 0 Å². The standard InChI is InChI=1S/C9H18N2/c1-8(2)5-7(8)11-6-9(10)3-4-9/h7,11H,3-6,10H2,1-2H3. The summed E-state index contributed by atoms with van der Waals surface area (Å²) in [7, 11) is 0. The molecule has 0 aromatic carbocycles. The summed E-state index contributed by atoms with van der Waals surface area (Å²) in [6.45, 7) is 5.64. The Labute approximate surface area is 68.5 Å². The maximum absolute atomic E-state index is 5.95. The molecule has 64 valence electrons. The molecule has 3 N–H and O–H groups in total. The molecule has 2 nitrogen and oxygen atoms in total. The second-order valence-corrected chi connectivity index (χ2v) is 4.99. The van der Waals surface area contributed by atoms with Gasteiger partial charge in [-0.05, 0) is 24.7 Å². The minimum Gasteiger partial charge on any atom is -0.324 e. The van der Waals surface area contributed by atoms with E-state index in [-0.39, 0.29) is 5.54 Å². The summed E-state index contributed by atoms with van der Waals surface area (Å²) >= 11 is 0. The molecular weight excluding hydrogens is 136 g/mol. The Balaban J connectivity index is 1.69. The van der Waals surface area contributed by atoms with E-state index in [2.05, 4.69) is 19.2 Å². The first-order valence-corrected chi connectivity index (χ1v) is 4.54. The van der Waals surface area contributed by atoms with Gasteiger partial charge in [0.1, 0.15) is 0 Å². The third-order valence-corrected chi connectivity index (χ3v) is 3.11. The molecule has 11 heavy (non-hydrogen) atoms. The zero-order valence-electron chi connectivity index (χ0n) is 7.48. The van der Waals surface area contributed by atoms with E-state index in [0.717, 1.165) is 12.6 Å². The SMILES string of the molecule is CC1(C)CC1NCC1(N)CC1. The number of hydrogen-bond donors (Lipinski definition) is 2. The number of nitrogens with two attached hydrogens (primary N) is 1. The maximum Gasteiger partial charge on any atom is 0.0282 e. The normalized spacial score (nSPS) is 36.8. The molecule has 0 bridgehead atoms. The first-order chi connectivity index (χ1) is 5.02. The van der Waals surface area contributed by atoms with Crippen LogP contribution in [0.2, 0.25) is 0 Å². The van der Waals surface area contributed by atoms with Gasteiger partial charge in [-0.3, -0.25) is 0 Å². The van der Waals surface area contributed by atoms with Crippen molar-refractivity contribution in [3.8, 4) is 0 Å². The van der Waals surface area contributed by atoms with E-state index in [1.807, 2.05) is 0 Å². The zero-order chi connectivity index (χ0) is 8.11. The van der Waals surface area contributed by atoms with E-state index in [9.17, 15) is 0 Å². The van der Waals surface area contributed by atoms with Crippen LogP contribution in [0, 0.1) is 5.41 Å². The van der Waals surface area contributed by atoms with E-state index in [1.165, 1.54) is 19.3 Å². The van der Waals surface area contributed by atoms with E-state index < -0.39 is 0 Å². The van der Waals surface area contributed by atoms with Crippen LogP contribution in [0.1, 0.15) is 33.1 Å². The van der Waals surface area contributed by atoms with Gasteiger partial charge in [0.15, 0.2) is 0 Å². The molecule has 0 aliphatic heterocycles. The first kappa shape index (κ1) is 7.56. The second-order valence-electron chi connectivity index (χ2n) is 4.99. The van der Waals surface area contributed by atoms with Gasteiger partial charge in [-0.1, -0.05) is 13.8 Å². The van der Waals surface area contributed by atoms with Crippen molar-refractivity contribution in [1.82, 2.24) is 5.32 Å². The van der Waals surface area contributed by atoms with E-state index in [0.29, 0.717) is 5.41 Å². The summed E-state index contributed by atoms with van der Waals surface area (Å²) in [5.41, 5.74) is 6.67. The Morgan fingerprint density at radius 1 is 1.45 bits per heavy atom. The molecule has 0 heterocycles. The van der Waals surface area contributed by atoms with Crippen molar-refractivity contribution in [2.45, 2.75) is 44.7 Å². The highest BCUT2D eigenvalue weighted by Gasteiger charge is 2.47. The molecule has 1 unspecified atom stereocenters. The molecule has 2 aliphatic carbocycles. The van der Waals surface area contributed by atoms with Gasteiger partial charge in [0.25, 0.3) is 0 Å². The highest BCUT2D eigenvalue weighted by molar-refractivity contribution is 5.06. The van der Waals surface area contributed by atoms with Crippen LogP contribution in [0.4, 0.5) is 0 Å². The Hall–Kier alpha value is -0.0800. The summed E-state index contributed by atoms with van der Waals surface area (Å²) in [5.74, 6) is 0. The monoisotopic (exact) mass is 154 g/mol. The van der Waals surface area contributed by atoms with Gasteiger partial charge < -0.3 is 11.1 Å². The predicted octanol–water partition coefficient (Wildman–Crippen LogP) is 0.866. The molecule has 0 aromatic heterocycles. The lowest BCUT2D eigenvalue weighted by Gasteiger charge is -2.10. The quantitative estimate of drug-likeness (QED) is 0.633. The van der Waals surface area contributed by atoms with Crippen LogP contribution in [0.5, 0.6) is 0 Å². The summed E-state index contributed by atoms with van der Waals surface area (Å²) in [6.07, 6.45) is 3.75. The lowest BCUT2D eigenvalue weighted by molar-refractivity contribution is 0.503. The Kier molecular flexibility index (Phi) is 1.37. The highest BCUT2D eigenvalue weighted by atomic mass is 15.0. The van der Waals surface area contributed by atoms with Crippen molar-refractivity contribution >= 4 is 0 Å².